The van der Waals surface area contributed by atoms with Crippen molar-refractivity contribution in [3.63, 3.8) is 0 Å². The van der Waals surface area contributed by atoms with Gasteiger partial charge in [0.15, 0.2) is 23.1 Å². The van der Waals surface area contributed by atoms with Crippen LogP contribution >= 0.6 is 0 Å². The Hall–Kier alpha value is -6.07. The summed E-state index contributed by atoms with van der Waals surface area (Å²) in [5, 5.41) is 10.3. The number of nitriles is 1. The summed E-state index contributed by atoms with van der Waals surface area (Å²) in [5.41, 5.74) is 6.87. The van der Waals surface area contributed by atoms with E-state index in [1.807, 2.05) is 103 Å². The number of furan rings is 1. The molecule has 0 radical (unpaired) electrons. The van der Waals surface area contributed by atoms with Gasteiger partial charge >= 0.3 is 0 Å². The zero-order chi connectivity index (χ0) is 28.5. The predicted molar refractivity (Wildman–Crippen MR) is 162 cm³/mol. The van der Waals surface area contributed by atoms with E-state index in [1.165, 1.54) is 0 Å². The maximum atomic E-state index is 9.49. The maximum Gasteiger partial charge on any atom is 0.233 e. The lowest BCUT2D eigenvalue weighted by atomic mass is 10.0. The average Bonchev–Trinajstić information content (AvgIpc) is 3.43. The molecule has 0 N–H and O–H groups in total. The summed E-state index contributed by atoms with van der Waals surface area (Å²) in [6, 6.07) is 35.8. The summed E-state index contributed by atoms with van der Waals surface area (Å²) < 4.78 is 6.08. The quantitative estimate of drug-likeness (QED) is 0.202. The van der Waals surface area contributed by atoms with Crippen LogP contribution in [0, 0.1) is 11.3 Å². The Labute approximate surface area is 240 Å². The van der Waals surface area contributed by atoms with Crippen molar-refractivity contribution in [1.29, 1.82) is 5.26 Å². The third-order valence-corrected chi connectivity index (χ3v) is 6.90. The van der Waals surface area contributed by atoms with E-state index in [-0.39, 0.29) is 12.4 Å². The molecule has 0 saturated heterocycles. The maximum absolute atomic E-state index is 9.49. The number of rotatable bonds is 6. The van der Waals surface area contributed by atoms with Gasteiger partial charge in [0.25, 0.3) is 0 Å². The average molecular weight is 544 g/mol. The van der Waals surface area contributed by atoms with Crippen molar-refractivity contribution < 1.29 is 4.42 Å². The molecule has 0 amide bonds. The van der Waals surface area contributed by atoms with Gasteiger partial charge in [-0.15, -0.1) is 0 Å². The number of aromatic nitrogens is 5. The molecule has 42 heavy (non-hydrogen) atoms. The van der Waals surface area contributed by atoms with Gasteiger partial charge in [0.1, 0.15) is 22.9 Å². The van der Waals surface area contributed by atoms with E-state index in [0.717, 1.165) is 33.2 Å². The van der Waals surface area contributed by atoms with Crippen LogP contribution in [-0.4, -0.2) is 31.6 Å². The van der Waals surface area contributed by atoms with E-state index in [1.54, 1.807) is 0 Å². The topological polar surface area (TPSA) is 114 Å². The molecule has 8 heteroatoms. The molecule has 0 saturated carbocycles. The largest absolute Gasteiger partial charge is 0.452 e. The van der Waals surface area contributed by atoms with Crippen molar-refractivity contribution in [3.05, 3.63) is 115 Å². The molecule has 0 atom stereocenters. The van der Waals surface area contributed by atoms with Crippen LogP contribution in [0.1, 0.15) is 11.5 Å². The van der Waals surface area contributed by atoms with E-state index in [9.17, 15) is 5.26 Å². The van der Waals surface area contributed by atoms with Gasteiger partial charge in [0.05, 0.1) is 6.54 Å². The van der Waals surface area contributed by atoms with Gasteiger partial charge in [-0.2, -0.15) is 5.26 Å². The van der Waals surface area contributed by atoms with Crippen molar-refractivity contribution in [2.75, 3.05) is 0 Å². The van der Waals surface area contributed by atoms with Gasteiger partial charge in [-0.05, 0) is 36.0 Å². The van der Waals surface area contributed by atoms with Crippen LogP contribution in [-0.2, 0) is 6.54 Å². The minimum absolute atomic E-state index is 0.0644. The molecule has 0 aliphatic carbocycles. The molecule has 3 heterocycles. The molecule has 0 aliphatic heterocycles. The summed E-state index contributed by atoms with van der Waals surface area (Å²) in [4.78, 5) is 27.2. The van der Waals surface area contributed by atoms with Crippen LogP contribution in [0.5, 0.6) is 0 Å². The standard InChI is InChI=1S/C34H21N7O/c1-36-20-27-31-30(38-29(19-35)37-27)26-18-24(15-16-28(26)42-31)23-13-8-14-25(17-23)34-40-32(21-9-4-2-5-10-21)39-33(41-34)22-11-6-3-7-12-22/h2-18H,1,20H2. The van der Waals surface area contributed by atoms with Crippen molar-refractivity contribution in [3.8, 4) is 51.4 Å². The van der Waals surface area contributed by atoms with Gasteiger partial charge in [-0.3, -0.25) is 4.99 Å². The Balaban J connectivity index is 1.36. The Bertz CT molecular complexity index is 2090. The molecule has 198 valence electrons. The highest BCUT2D eigenvalue weighted by Gasteiger charge is 2.17. The van der Waals surface area contributed by atoms with Crippen molar-refractivity contribution in [2.45, 2.75) is 6.54 Å². The molecular formula is C34H21N7O. The van der Waals surface area contributed by atoms with Gasteiger partial charge in [0.2, 0.25) is 5.82 Å². The number of nitrogens with zero attached hydrogens (tertiary/aromatic N) is 7. The van der Waals surface area contributed by atoms with E-state index < -0.39 is 0 Å². The Morgan fingerprint density at radius 2 is 1.24 bits per heavy atom. The molecule has 7 rings (SSSR count). The van der Waals surface area contributed by atoms with E-state index >= 15 is 0 Å². The Morgan fingerprint density at radius 3 is 1.88 bits per heavy atom. The number of fused-ring (bicyclic) bond motifs is 3. The molecule has 0 spiro atoms. The van der Waals surface area contributed by atoms with Crippen molar-refractivity contribution in [1.82, 2.24) is 24.9 Å². The predicted octanol–water partition coefficient (Wildman–Crippen LogP) is 7.30. The normalized spacial score (nSPS) is 11.0. The summed E-state index contributed by atoms with van der Waals surface area (Å²) >= 11 is 0. The summed E-state index contributed by atoms with van der Waals surface area (Å²) in [6.45, 7) is 3.78. The van der Waals surface area contributed by atoms with E-state index in [0.29, 0.717) is 39.8 Å². The molecular weight excluding hydrogens is 522 g/mol. The van der Waals surface area contributed by atoms with Gasteiger partial charge in [0, 0.05) is 22.1 Å². The number of aliphatic imine (C=N–C) groups is 1. The van der Waals surface area contributed by atoms with Crippen LogP contribution < -0.4 is 0 Å². The van der Waals surface area contributed by atoms with E-state index in [4.69, 9.17) is 19.4 Å². The smallest absolute Gasteiger partial charge is 0.233 e. The second kappa shape index (κ2) is 10.5. The first kappa shape index (κ1) is 24.9. The van der Waals surface area contributed by atoms with Gasteiger partial charge in [-0.1, -0.05) is 84.9 Å². The third kappa shape index (κ3) is 4.55. The first-order chi connectivity index (χ1) is 20.7. The van der Waals surface area contributed by atoms with Crippen molar-refractivity contribution >= 4 is 28.8 Å². The minimum atomic E-state index is 0.0644. The molecule has 0 fully saturated rings. The molecule has 7 aromatic rings. The summed E-state index contributed by atoms with van der Waals surface area (Å²) in [5.74, 6) is 1.85. The summed E-state index contributed by atoms with van der Waals surface area (Å²) in [6.07, 6.45) is 0. The van der Waals surface area contributed by atoms with Crippen molar-refractivity contribution in [2.24, 2.45) is 4.99 Å². The van der Waals surface area contributed by atoms with Gasteiger partial charge in [-0.25, -0.2) is 24.9 Å². The molecule has 0 bridgehead atoms. The van der Waals surface area contributed by atoms with Crippen LogP contribution in [0.25, 0.3) is 67.4 Å². The third-order valence-electron chi connectivity index (χ3n) is 6.90. The van der Waals surface area contributed by atoms with Crippen LogP contribution in [0.2, 0.25) is 0 Å². The fourth-order valence-electron chi connectivity index (χ4n) is 4.92. The van der Waals surface area contributed by atoms with Gasteiger partial charge < -0.3 is 4.42 Å². The Morgan fingerprint density at radius 1 is 0.643 bits per heavy atom. The number of benzene rings is 4. The minimum Gasteiger partial charge on any atom is -0.452 e. The van der Waals surface area contributed by atoms with Crippen LogP contribution in [0.3, 0.4) is 0 Å². The highest BCUT2D eigenvalue weighted by molar-refractivity contribution is 6.04. The van der Waals surface area contributed by atoms with Crippen LogP contribution in [0.4, 0.5) is 0 Å². The lowest BCUT2D eigenvalue weighted by molar-refractivity contribution is 0.657. The lowest BCUT2D eigenvalue weighted by Gasteiger charge is -2.09. The first-order valence-electron chi connectivity index (χ1n) is 13.2. The monoisotopic (exact) mass is 543 g/mol. The fourth-order valence-corrected chi connectivity index (χ4v) is 4.92. The second-order valence-corrected chi connectivity index (χ2v) is 9.60. The second-order valence-electron chi connectivity index (χ2n) is 9.60. The first-order valence-corrected chi connectivity index (χ1v) is 13.2. The molecule has 4 aromatic carbocycles. The molecule has 0 unspecified atom stereocenters. The lowest BCUT2D eigenvalue weighted by Crippen LogP contribution is -2.00. The van der Waals surface area contributed by atoms with E-state index in [2.05, 4.69) is 27.7 Å². The molecule has 8 nitrogen and oxygen atoms in total. The summed E-state index contributed by atoms with van der Waals surface area (Å²) in [7, 11) is 0. The zero-order valence-electron chi connectivity index (χ0n) is 22.3. The highest BCUT2D eigenvalue weighted by atomic mass is 16.3. The highest BCUT2D eigenvalue weighted by Crippen LogP contribution is 2.34. The number of hydrogen-bond donors (Lipinski definition) is 0. The number of hydrogen-bond acceptors (Lipinski definition) is 8. The fraction of sp³-hybridized carbons (Fsp3) is 0.0294. The Kier molecular flexibility index (Phi) is 6.22. The SMILES string of the molecule is C=NCc1nc(C#N)nc2c1oc1ccc(-c3cccc(-c4nc(-c5ccccc5)nc(-c5ccccc5)n4)c3)cc12. The van der Waals surface area contributed by atoms with Crippen LogP contribution in [0.15, 0.2) is 113 Å². The molecule has 3 aromatic heterocycles. The molecule has 0 aliphatic rings. The zero-order valence-corrected chi connectivity index (χ0v) is 22.3.